The molecule has 0 heterocycles. The van der Waals surface area contributed by atoms with Crippen molar-refractivity contribution in [3.8, 4) is 11.5 Å². The lowest BCUT2D eigenvalue weighted by Crippen LogP contribution is -2.19. The molecule has 0 saturated carbocycles. The molecule has 5 heteroatoms. The maximum atomic E-state index is 11.5. The Morgan fingerprint density at radius 1 is 1.59 bits per heavy atom. The highest BCUT2D eigenvalue weighted by Crippen LogP contribution is 2.28. The van der Waals surface area contributed by atoms with E-state index in [9.17, 15) is 9.90 Å². The zero-order valence-electron chi connectivity index (χ0n) is 10.1. The Labute approximate surface area is 101 Å². The van der Waals surface area contributed by atoms with Gasteiger partial charge in [0.05, 0.1) is 7.11 Å². The molecule has 17 heavy (non-hydrogen) atoms. The molecule has 0 fully saturated rings. The summed E-state index contributed by atoms with van der Waals surface area (Å²) in [4.78, 5) is 11.5. The van der Waals surface area contributed by atoms with Crippen LogP contribution in [0.25, 0.3) is 0 Å². The van der Waals surface area contributed by atoms with Crippen LogP contribution >= 0.6 is 0 Å². The van der Waals surface area contributed by atoms with E-state index in [0.717, 1.165) is 0 Å². The minimum Gasteiger partial charge on any atom is -0.504 e. The van der Waals surface area contributed by atoms with Gasteiger partial charge in [-0.25, -0.2) is 0 Å². The minimum atomic E-state index is -0.119. The topological polar surface area (TPSA) is 84.6 Å². The predicted octanol–water partition coefficient (Wildman–Crippen LogP) is 1.47. The fraction of sp³-hybridized carbons (Fsp3) is 0.417. The van der Waals surface area contributed by atoms with Crippen LogP contribution in [0.3, 0.4) is 0 Å². The first-order chi connectivity index (χ1) is 8.02. The molecule has 5 nitrogen and oxygen atoms in total. The minimum absolute atomic E-state index is 0.00232. The highest BCUT2D eigenvalue weighted by atomic mass is 16.5. The Morgan fingerprint density at radius 3 is 2.82 bits per heavy atom. The van der Waals surface area contributed by atoms with Gasteiger partial charge in [0.15, 0.2) is 11.5 Å². The van der Waals surface area contributed by atoms with Crippen molar-refractivity contribution in [1.29, 1.82) is 0 Å². The average molecular weight is 238 g/mol. The first kappa shape index (κ1) is 13.3. The Kier molecular flexibility index (Phi) is 4.78. The first-order valence-corrected chi connectivity index (χ1v) is 5.45. The molecule has 0 aliphatic carbocycles. The molecule has 0 bridgehead atoms. The van der Waals surface area contributed by atoms with Gasteiger partial charge in [-0.3, -0.25) is 4.79 Å². The van der Waals surface area contributed by atoms with Gasteiger partial charge < -0.3 is 20.9 Å². The summed E-state index contributed by atoms with van der Waals surface area (Å²) < 4.78 is 4.90. The molecule has 0 aliphatic rings. The number of ether oxygens (including phenoxy) is 1. The van der Waals surface area contributed by atoms with Crippen molar-refractivity contribution in [3.63, 3.8) is 0 Å². The van der Waals surface area contributed by atoms with Crippen molar-refractivity contribution < 1.29 is 14.6 Å². The zero-order valence-corrected chi connectivity index (χ0v) is 10.1. The highest BCUT2D eigenvalue weighted by molar-refractivity contribution is 5.91. The van der Waals surface area contributed by atoms with Crippen molar-refractivity contribution >= 4 is 11.6 Å². The number of phenols is 1. The van der Waals surface area contributed by atoms with E-state index < -0.39 is 0 Å². The van der Waals surface area contributed by atoms with E-state index in [-0.39, 0.29) is 17.7 Å². The first-order valence-electron chi connectivity index (χ1n) is 5.45. The quantitative estimate of drug-likeness (QED) is 0.725. The van der Waals surface area contributed by atoms with Gasteiger partial charge in [-0.05, 0) is 25.5 Å². The van der Waals surface area contributed by atoms with Crippen LogP contribution in [0.2, 0.25) is 0 Å². The van der Waals surface area contributed by atoms with E-state index in [1.807, 2.05) is 6.92 Å². The van der Waals surface area contributed by atoms with Crippen molar-refractivity contribution in [2.45, 2.75) is 25.8 Å². The lowest BCUT2D eigenvalue weighted by molar-refractivity contribution is -0.116. The van der Waals surface area contributed by atoms with Gasteiger partial charge in [-0.15, -0.1) is 0 Å². The Hall–Kier alpha value is -1.75. The lowest BCUT2D eigenvalue weighted by atomic mass is 10.2. The van der Waals surface area contributed by atoms with Gasteiger partial charge in [0.25, 0.3) is 0 Å². The third-order valence-electron chi connectivity index (χ3n) is 2.29. The standard InChI is InChI=1S/C12H18N2O3/c1-8(13)3-6-12(16)14-9-4-5-11(17-2)10(15)7-9/h4-5,7-8,15H,3,6,13H2,1-2H3,(H,14,16). The molecule has 1 atom stereocenters. The smallest absolute Gasteiger partial charge is 0.224 e. The number of carbonyl (C=O) groups excluding carboxylic acids is 1. The van der Waals surface area contributed by atoms with Crippen LogP contribution < -0.4 is 15.8 Å². The van der Waals surface area contributed by atoms with Crippen molar-refractivity contribution in [3.05, 3.63) is 18.2 Å². The van der Waals surface area contributed by atoms with E-state index >= 15 is 0 Å². The second-order valence-electron chi connectivity index (χ2n) is 3.95. The molecule has 1 aromatic carbocycles. The van der Waals surface area contributed by atoms with Gasteiger partial charge in [-0.1, -0.05) is 0 Å². The Balaban J connectivity index is 2.57. The summed E-state index contributed by atoms with van der Waals surface area (Å²) in [5, 5.41) is 12.2. The molecule has 1 unspecified atom stereocenters. The molecule has 94 valence electrons. The van der Waals surface area contributed by atoms with Crippen LogP contribution in [0.5, 0.6) is 11.5 Å². The summed E-state index contributed by atoms with van der Waals surface area (Å²) in [5.74, 6) is 0.253. The normalized spacial score (nSPS) is 11.9. The molecule has 0 aliphatic heterocycles. The molecule has 4 N–H and O–H groups in total. The Morgan fingerprint density at radius 2 is 2.29 bits per heavy atom. The van der Waals surface area contributed by atoms with Crippen LogP contribution in [0, 0.1) is 0 Å². The largest absolute Gasteiger partial charge is 0.504 e. The fourth-order valence-electron chi connectivity index (χ4n) is 1.35. The molecule has 1 amide bonds. The number of amides is 1. The molecule has 1 aromatic rings. The fourth-order valence-corrected chi connectivity index (χ4v) is 1.35. The maximum absolute atomic E-state index is 11.5. The zero-order chi connectivity index (χ0) is 12.8. The number of nitrogens with one attached hydrogen (secondary N) is 1. The van der Waals surface area contributed by atoms with Gasteiger partial charge in [0.1, 0.15) is 0 Å². The average Bonchev–Trinajstić information content (AvgIpc) is 2.26. The summed E-state index contributed by atoms with van der Waals surface area (Å²) in [6, 6.07) is 4.71. The third kappa shape index (κ3) is 4.32. The number of benzene rings is 1. The SMILES string of the molecule is COc1ccc(NC(=O)CCC(C)N)cc1O. The highest BCUT2D eigenvalue weighted by Gasteiger charge is 2.06. The van der Waals surface area contributed by atoms with Gasteiger partial charge in [-0.2, -0.15) is 0 Å². The van der Waals surface area contributed by atoms with E-state index in [0.29, 0.717) is 24.3 Å². The van der Waals surface area contributed by atoms with E-state index in [4.69, 9.17) is 10.5 Å². The van der Waals surface area contributed by atoms with Crippen LogP contribution in [0.15, 0.2) is 18.2 Å². The van der Waals surface area contributed by atoms with Crippen molar-refractivity contribution in [1.82, 2.24) is 0 Å². The van der Waals surface area contributed by atoms with E-state index in [1.54, 1.807) is 12.1 Å². The van der Waals surface area contributed by atoms with Crippen molar-refractivity contribution in [2.24, 2.45) is 5.73 Å². The monoisotopic (exact) mass is 238 g/mol. The lowest BCUT2D eigenvalue weighted by Gasteiger charge is -2.09. The second-order valence-corrected chi connectivity index (χ2v) is 3.95. The van der Waals surface area contributed by atoms with Crippen molar-refractivity contribution in [2.75, 3.05) is 12.4 Å². The number of hydrogen-bond acceptors (Lipinski definition) is 4. The van der Waals surface area contributed by atoms with E-state index in [2.05, 4.69) is 5.32 Å². The Bertz CT molecular complexity index is 391. The van der Waals surface area contributed by atoms with Gasteiger partial charge in [0, 0.05) is 24.2 Å². The number of aromatic hydroxyl groups is 1. The van der Waals surface area contributed by atoms with Crippen LogP contribution in [0.1, 0.15) is 19.8 Å². The second kappa shape index (κ2) is 6.10. The summed E-state index contributed by atoms with van der Waals surface area (Å²) in [6.45, 7) is 1.85. The molecule has 0 saturated heterocycles. The van der Waals surface area contributed by atoms with Gasteiger partial charge >= 0.3 is 0 Å². The summed E-state index contributed by atoms with van der Waals surface area (Å²) in [6.07, 6.45) is 0.998. The number of hydrogen-bond donors (Lipinski definition) is 3. The number of methoxy groups -OCH3 is 1. The number of rotatable bonds is 5. The van der Waals surface area contributed by atoms with Gasteiger partial charge in [0.2, 0.25) is 5.91 Å². The summed E-state index contributed by atoms with van der Waals surface area (Å²) in [7, 11) is 1.47. The number of phenolic OH excluding ortho intramolecular Hbond substituents is 1. The number of carbonyl (C=O) groups is 1. The predicted molar refractivity (Wildman–Crippen MR) is 66.2 cm³/mol. The maximum Gasteiger partial charge on any atom is 0.224 e. The van der Waals surface area contributed by atoms with Crippen LogP contribution in [0.4, 0.5) is 5.69 Å². The van der Waals surface area contributed by atoms with Crippen LogP contribution in [-0.2, 0) is 4.79 Å². The van der Waals surface area contributed by atoms with E-state index in [1.165, 1.54) is 13.2 Å². The molecular weight excluding hydrogens is 220 g/mol. The number of anilines is 1. The molecule has 0 spiro atoms. The van der Waals surface area contributed by atoms with Crippen LogP contribution in [-0.4, -0.2) is 24.2 Å². The third-order valence-corrected chi connectivity index (χ3v) is 2.29. The molecular formula is C12H18N2O3. The summed E-state index contributed by atoms with van der Waals surface area (Å²) >= 11 is 0. The molecule has 1 rings (SSSR count). The molecule has 0 radical (unpaired) electrons. The summed E-state index contributed by atoms with van der Waals surface area (Å²) in [5.41, 5.74) is 6.10. The molecule has 0 aromatic heterocycles. The number of nitrogens with two attached hydrogens (primary N) is 1.